The van der Waals surface area contributed by atoms with Gasteiger partial charge >= 0.3 is 0 Å². The van der Waals surface area contributed by atoms with Gasteiger partial charge in [-0.05, 0) is 115 Å². The highest BCUT2D eigenvalue weighted by molar-refractivity contribution is 8.04. The third-order valence-corrected chi connectivity index (χ3v) is 16.0. The van der Waals surface area contributed by atoms with E-state index in [9.17, 15) is 0 Å². The summed E-state index contributed by atoms with van der Waals surface area (Å²) in [6.07, 6.45) is 67.0. The molecule has 1 nitrogen and oxygen atoms in total. The number of thiophene rings is 1. The molecule has 3 heteroatoms. The second kappa shape index (κ2) is 14.3. The molecule has 11 rings (SSSR count). The summed E-state index contributed by atoms with van der Waals surface area (Å²) in [5, 5.41) is 2.08. The normalized spacial score (nSPS) is 30.9. The van der Waals surface area contributed by atoms with Crippen LogP contribution in [0.3, 0.4) is 0 Å². The Kier molecular flexibility index (Phi) is 8.85. The molecular formula is C52H49NS2. The lowest BCUT2D eigenvalue weighted by Gasteiger charge is -2.39. The number of nitrogens with zero attached hydrogens (tertiary/aromatic N) is 1. The Bertz CT molecular complexity index is 2440. The van der Waals surface area contributed by atoms with Crippen molar-refractivity contribution in [1.29, 1.82) is 0 Å². The fourth-order valence-electron chi connectivity index (χ4n) is 10.7. The largest absolute Gasteiger partial charge is 0.337 e. The minimum atomic E-state index is 0.259. The summed E-state index contributed by atoms with van der Waals surface area (Å²) in [6.45, 7) is 0. The van der Waals surface area contributed by atoms with Crippen molar-refractivity contribution in [1.82, 2.24) is 4.90 Å². The molecule has 0 bridgehead atoms. The van der Waals surface area contributed by atoms with E-state index in [1.54, 1.807) is 11.1 Å². The molecule has 0 radical (unpaired) electrons. The Morgan fingerprint density at radius 1 is 0.691 bits per heavy atom. The number of allylic oxidation sites excluding steroid dienone is 25. The van der Waals surface area contributed by atoms with Crippen LogP contribution in [-0.4, -0.2) is 16.2 Å². The van der Waals surface area contributed by atoms with Crippen molar-refractivity contribution < 1.29 is 0 Å². The molecule has 1 aromatic rings. The maximum absolute atomic E-state index is 2.79. The predicted molar refractivity (Wildman–Crippen MR) is 236 cm³/mol. The van der Waals surface area contributed by atoms with E-state index in [0.717, 1.165) is 51.4 Å². The SMILES string of the molecule is C1=CC2C=CC=C(C3=CC=CC(N(C4=CCC(C5=CC6SC7=C(CCC=C7)C6C=C5)C=C4)C4=c5sc6c(c5=CCC4)CCC=C6C4=CCCC=C4)C3)C2C=C1. The first-order valence-corrected chi connectivity index (χ1v) is 22.6. The van der Waals surface area contributed by atoms with Gasteiger partial charge in [-0.2, -0.15) is 0 Å². The van der Waals surface area contributed by atoms with E-state index in [1.165, 1.54) is 71.6 Å². The Balaban J connectivity index is 0.954. The van der Waals surface area contributed by atoms with Crippen molar-refractivity contribution >= 4 is 40.4 Å². The number of rotatable bonds is 6. The number of thioether (sulfide) groups is 1. The van der Waals surface area contributed by atoms with Crippen molar-refractivity contribution in [3.63, 3.8) is 0 Å². The van der Waals surface area contributed by atoms with Crippen LogP contribution in [0.15, 0.2) is 172 Å². The fraction of sp³-hybridized carbons (Fsp3) is 0.308. The van der Waals surface area contributed by atoms with Crippen LogP contribution in [0.5, 0.6) is 0 Å². The van der Waals surface area contributed by atoms with E-state index < -0.39 is 0 Å². The summed E-state index contributed by atoms with van der Waals surface area (Å²) < 4.78 is 1.51. The zero-order valence-electron chi connectivity index (χ0n) is 31.6. The summed E-state index contributed by atoms with van der Waals surface area (Å²) in [6, 6.07) is 0.259. The molecule has 6 atom stereocenters. The van der Waals surface area contributed by atoms with Crippen molar-refractivity contribution in [2.45, 2.75) is 75.5 Å². The summed E-state index contributed by atoms with van der Waals surface area (Å²) >= 11 is 4.17. The van der Waals surface area contributed by atoms with E-state index in [0.29, 0.717) is 28.9 Å². The van der Waals surface area contributed by atoms with Gasteiger partial charge in [0, 0.05) is 50.1 Å². The van der Waals surface area contributed by atoms with Gasteiger partial charge in [0.1, 0.15) is 0 Å². The zero-order chi connectivity index (χ0) is 36.3. The van der Waals surface area contributed by atoms with Gasteiger partial charge in [-0.1, -0.05) is 134 Å². The molecule has 9 aliphatic carbocycles. The minimum Gasteiger partial charge on any atom is -0.337 e. The van der Waals surface area contributed by atoms with Crippen LogP contribution in [0.25, 0.3) is 17.3 Å². The molecule has 0 saturated heterocycles. The Hall–Kier alpha value is -4.31. The average molecular weight is 752 g/mol. The summed E-state index contributed by atoms with van der Waals surface area (Å²) in [4.78, 5) is 5.84. The quantitative estimate of drug-likeness (QED) is 0.285. The molecule has 6 unspecified atom stereocenters. The number of fused-ring (bicyclic) bond motifs is 6. The lowest BCUT2D eigenvalue weighted by Crippen LogP contribution is -2.40. The molecule has 0 saturated carbocycles. The number of hydrogen-bond donors (Lipinski definition) is 0. The lowest BCUT2D eigenvalue weighted by atomic mass is 9.75. The monoisotopic (exact) mass is 751 g/mol. The minimum absolute atomic E-state index is 0.259. The molecule has 0 aromatic carbocycles. The third-order valence-electron chi connectivity index (χ3n) is 13.4. The van der Waals surface area contributed by atoms with Gasteiger partial charge in [-0.15, -0.1) is 23.1 Å². The van der Waals surface area contributed by atoms with Gasteiger partial charge in [0.25, 0.3) is 0 Å². The highest BCUT2D eigenvalue weighted by Crippen LogP contribution is 2.50. The van der Waals surface area contributed by atoms with Crippen LogP contribution in [0.4, 0.5) is 0 Å². The van der Waals surface area contributed by atoms with Crippen LogP contribution in [0.2, 0.25) is 0 Å². The first-order chi connectivity index (χ1) is 27.3. The van der Waals surface area contributed by atoms with Crippen LogP contribution >= 0.6 is 23.1 Å². The second-order valence-electron chi connectivity index (χ2n) is 16.5. The predicted octanol–water partition coefficient (Wildman–Crippen LogP) is 11.7. The Morgan fingerprint density at radius 3 is 2.53 bits per heavy atom. The van der Waals surface area contributed by atoms with Crippen molar-refractivity contribution in [2.75, 3.05) is 0 Å². The maximum atomic E-state index is 2.79. The van der Waals surface area contributed by atoms with Gasteiger partial charge in [0.05, 0.1) is 10.6 Å². The molecule has 0 N–H and O–H groups in total. The fourth-order valence-corrected chi connectivity index (χ4v) is 13.6. The highest BCUT2D eigenvalue weighted by Gasteiger charge is 2.36. The number of hydrogen-bond acceptors (Lipinski definition) is 3. The molecule has 0 fully saturated rings. The van der Waals surface area contributed by atoms with Gasteiger partial charge in [0.15, 0.2) is 0 Å². The summed E-state index contributed by atoms with van der Waals surface area (Å²) in [7, 11) is 0. The molecule has 0 amide bonds. The first kappa shape index (κ1) is 34.0. The van der Waals surface area contributed by atoms with Gasteiger partial charge in [0.2, 0.25) is 0 Å². The second-order valence-corrected chi connectivity index (χ2v) is 18.8. The Morgan fingerprint density at radius 2 is 1.60 bits per heavy atom. The zero-order valence-corrected chi connectivity index (χ0v) is 33.2. The summed E-state index contributed by atoms with van der Waals surface area (Å²) in [5.41, 5.74) is 13.5. The summed E-state index contributed by atoms with van der Waals surface area (Å²) in [5.74, 6) is 1.88. The van der Waals surface area contributed by atoms with E-state index in [1.807, 2.05) is 0 Å². The average Bonchev–Trinajstić information content (AvgIpc) is 3.83. The van der Waals surface area contributed by atoms with E-state index in [-0.39, 0.29) is 6.04 Å². The van der Waals surface area contributed by atoms with Gasteiger partial charge < -0.3 is 4.90 Å². The standard InChI is InChI=1S/C52H49NS2/c1-2-12-36(13-3-1)43-21-10-22-46-47-23-11-24-48(52(47)55-51(43)46)53(40-17-8-16-38(32-40)42-20-9-15-35-14-4-5-18-41(35)42)39-29-26-34(27-30-39)37-28-31-45-44-19-6-7-25-49(44)54-50(45)33-37/h2,4-5,7-9,12-18,20-21,23,25-26,28-31,33-35,40-41,45,50H,1,3,6,10-11,19,22,24,27,32H2. The Labute approximate surface area is 335 Å². The topological polar surface area (TPSA) is 3.24 Å². The molecule has 55 heavy (non-hydrogen) atoms. The van der Waals surface area contributed by atoms with Crippen LogP contribution < -0.4 is 9.75 Å². The van der Waals surface area contributed by atoms with Crippen molar-refractivity contribution in [3.8, 4) is 0 Å². The first-order valence-electron chi connectivity index (χ1n) is 20.9. The molecule has 1 aliphatic heterocycles. The smallest absolute Gasteiger partial charge is 0.0563 e. The van der Waals surface area contributed by atoms with E-state index in [4.69, 9.17) is 0 Å². The lowest BCUT2D eigenvalue weighted by molar-refractivity contribution is 0.398. The third kappa shape index (κ3) is 6.05. The molecule has 0 spiro atoms. The molecule has 10 aliphatic rings. The van der Waals surface area contributed by atoms with Gasteiger partial charge in [-0.3, -0.25) is 0 Å². The van der Waals surface area contributed by atoms with Crippen LogP contribution in [-0.2, 0) is 6.42 Å². The maximum Gasteiger partial charge on any atom is 0.0563 e. The molecule has 2 heterocycles. The van der Waals surface area contributed by atoms with Crippen LogP contribution in [0.1, 0.15) is 68.2 Å². The molecular weight excluding hydrogens is 703 g/mol. The van der Waals surface area contributed by atoms with Crippen molar-refractivity contribution in [2.24, 2.45) is 23.7 Å². The van der Waals surface area contributed by atoms with E-state index >= 15 is 0 Å². The van der Waals surface area contributed by atoms with Crippen molar-refractivity contribution in [3.05, 3.63) is 192 Å². The highest BCUT2D eigenvalue weighted by atomic mass is 32.2. The molecule has 1 aromatic heterocycles. The van der Waals surface area contributed by atoms with Crippen LogP contribution in [0, 0.1) is 23.7 Å². The van der Waals surface area contributed by atoms with Gasteiger partial charge in [-0.25, -0.2) is 0 Å². The molecule has 274 valence electrons. The van der Waals surface area contributed by atoms with E-state index in [2.05, 4.69) is 168 Å².